The summed E-state index contributed by atoms with van der Waals surface area (Å²) < 4.78 is 20.2. The van der Waals surface area contributed by atoms with Gasteiger partial charge in [-0.2, -0.15) is 0 Å². The molecule has 0 heterocycles. The number of ether oxygens (including phenoxy) is 1. The molecule has 0 amide bonds. The van der Waals surface area contributed by atoms with Crippen molar-refractivity contribution < 1.29 is 9.13 Å². The standard InChI is InChI=1S/C14H22FNO/c1-5-8-14(15,9-16)12-7-6-10(2)11(3)13(12)17-4/h6-7H,5,8-9,16H2,1-4H3. The van der Waals surface area contributed by atoms with Gasteiger partial charge in [0.1, 0.15) is 5.75 Å². The molecule has 1 aromatic rings. The molecule has 17 heavy (non-hydrogen) atoms. The molecule has 1 unspecified atom stereocenters. The van der Waals surface area contributed by atoms with Gasteiger partial charge in [-0.1, -0.05) is 25.5 Å². The number of benzene rings is 1. The number of methoxy groups -OCH3 is 1. The number of aryl methyl sites for hydroxylation is 1. The minimum atomic E-state index is -1.49. The van der Waals surface area contributed by atoms with Crippen LogP contribution < -0.4 is 10.5 Å². The lowest BCUT2D eigenvalue weighted by Gasteiger charge is -2.27. The van der Waals surface area contributed by atoms with E-state index in [0.29, 0.717) is 17.7 Å². The fourth-order valence-electron chi connectivity index (χ4n) is 2.15. The first kappa shape index (κ1) is 14.0. The maximum absolute atomic E-state index is 14.8. The van der Waals surface area contributed by atoms with Crippen LogP contribution in [0, 0.1) is 13.8 Å². The molecule has 1 atom stereocenters. The van der Waals surface area contributed by atoms with Crippen LogP contribution in [0.5, 0.6) is 5.75 Å². The molecule has 1 aromatic carbocycles. The first-order valence-electron chi connectivity index (χ1n) is 6.03. The third-order valence-corrected chi connectivity index (χ3v) is 3.33. The Labute approximate surface area is 103 Å². The fraction of sp³-hybridized carbons (Fsp3) is 0.571. The van der Waals surface area contributed by atoms with E-state index in [-0.39, 0.29) is 6.54 Å². The van der Waals surface area contributed by atoms with E-state index in [0.717, 1.165) is 17.5 Å². The van der Waals surface area contributed by atoms with Crippen LogP contribution in [0.15, 0.2) is 12.1 Å². The maximum atomic E-state index is 14.8. The predicted molar refractivity (Wildman–Crippen MR) is 69.2 cm³/mol. The van der Waals surface area contributed by atoms with Crippen LogP contribution in [-0.4, -0.2) is 13.7 Å². The van der Waals surface area contributed by atoms with Crippen molar-refractivity contribution in [2.24, 2.45) is 5.73 Å². The maximum Gasteiger partial charge on any atom is 0.151 e. The molecule has 2 nitrogen and oxygen atoms in total. The summed E-state index contributed by atoms with van der Waals surface area (Å²) in [5.41, 5.74) is 6.78. The molecule has 0 aromatic heterocycles. The second kappa shape index (κ2) is 5.50. The molecular weight excluding hydrogens is 217 g/mol. The van der Waals surface area contributed by atoms with Crippen molar-refractivity contribution >= 4 is 0 Å². The zero-order valence-corrected chi connectivity index (χ0v) is 11.1. The highest BCUT2D eigenvalue weighted by Crippen LogP contribution is 2.39. The fourth-order valence-corrected chi connectivity index (χ4v) is 2.15. The number of alkyl halides is 1. The van der Waals surface area contributed by atoms with E-state index in [1.165, 1.54) is 0 Å². The first-order chi connectivity index (χ1) is 8.00. The van der Waals surface area contributed by atoms with E-state index >= 15 is 0 Å². The summed E-state index contributed by atoms with van der Waals surface area (Å²) in [4.78, 5) is 0. The highest BCUT2D eigenvalue weighted by Gasteiger charge is 2.33. The summed E-state index contributed by atoms with van der Waals surface area (Å²) >= 11 is 0. The van der Waals surface area contributed by atoms with Gasteiger partial charge in [-0.05, 0) is 31.4 Å². The third-order valence-electron chi connectivity index (χ3n) is 3.33. The molecule has 0 fully saturated rings. The Bertz CT molecular complexity index is 392. The monoisotopic (exact) mass is 239 g/mol. The second-order valence-corrected chi connectivity index (χ2v) is 4.51. The quantitative estimate of drug-likeness (QED) is 0.856. The lowest BCUT2D eigenvalue weighted by atomic mass is 9.88. The molecular formula is C14H22FNO. The van der Waals surface area contributed by atoms with E-state index in [1.54, 1.807) is 13.2 Å². The number of nitrogens with two attached hydrogens (primary N) is 1. The molecule has 1 rings (SSSR count). The average Bonchev–Trinajstić information content (AvgIpc) is 2.32. The summed E-state index contributed by atoms with van der Waals surface area (Å²) in [6.45, 7) is 5.88. The van der Waals surface area contributed by atoms with Gasteiger partial charge in [0.15, 0.2) is 5.67 Å². The molecule has 0 spiro atoms. The SMILES string of the molecule is CCCC(F)(CN)c1ccc(C)c(C)c1OC. The molecule has 3 heteroatoms. The summed E-state index contributed by atoms with van der Waals surface area (Å²) in [5, 5.41) is 0. The van der Waals surface area contributed by atoms with Crippen LogP contribution in [-0.2, 0) is 5.67 Å². The van der Waals surface area contributed by atoms with E-state index in [9.17, 15) is 4.39 Å². The molecule has 0 radical (unpaired) electrons. The van der Waals surface area contributed by atoms with E-state index < -0.39 is 5.67 Å². The van der Waals surface area contributed by atoms with Crippen molar-refractivity contribution in [3.63, 3.8) is 0 Å². The topological polar surface area (TPSA) is 35.2 Å². The number of halogens is 1. The number of hydrogen-bond donors (Lipinski definition) is 1. The van der Waals surface area contributed by atoms with Crippen molar-refractivity contribution in [3.8, 4) is 5.75 Å². The second-order valence-electron chi connectivity index (χ2n) is 4.51. The Morgan fingerprint density at radius 1 is 1.35 bits per heavy atom. The lowest BCUT2D eigenvalue weighted by molar-refractivity contribution is 0.154. The normalized spacial score (nSPS) is 14.5. The predicted octanol–water partition coefficient (Wildman–Crippen LogP) is 3.24. The highest BCUT2D eigenvalue weighted by molar-refractivity contribution is 5.48. The van der Waals surface area contributed by atoms with Gasteiger partial charge in [-0.25, -0.2) is 4.39 Å². The molecule has 0 aliphatic heterocycles. The molecule has 0 saturated carbocycles. The van der Waals surface area contributed by atoms with Gasteiger partial charge in [-0.15, -0.1) is 0 Å². The molecule has 0 aliphatic carbocycles. The van der Waals surface area contributed by atoms with Crippen molar-refractivity contribution in [2.75, 3.05) is 13.7 Å². The minimum Gasteiger partial charge on any atom is -0.496 e. The Morgan fingerprint density at radius 2 is 2.00 bits per heavy atom. The van der Waals surface area contributed by atoms with Gasteiger partial charge in [0, 0.05) is 12.1 Å². The first-order valence-corrected chi connectivity index (χ1v) is 6.03. The Kier molecular flexibility index (Phi) is 4.52. The highest BCUT2D eigenvalue weighted by atomic mass is 19.1. The molecule has 0 aliphatic rings. The van der Waals surface area contributed by atoms with Gasteiger partial charge >= 0.3 is 0 Å². The zero-order valence-electron chi connectivity index (χ0n) is 11.1. The molecule has 0 bridgehead atoms. The Balaban J connectivity index is 3.34. The van der Waals surface area contributed by atoms with Gasteiger partial charge in [-0.3, -0.25) is 0 Å². The van der Waals surface area contributed by atoms with Crippen LogP contribution in [0.3, 0.4) is 0 Å². The van der Waals surface area contributed by atoms with Crippen LogP contribution in [0.2, 0.25) is 0 Å². The number of rotatable bonds is 5. The van der Waals surface area contributed by atoms with E-state index in [4.69, 9.17) is 10.5 Å². The minimum absolute atomic E-state index is 0.0142. The smallest absolute Gasteiger partial charge is 0.151 e. The number of hydrogen-bond acceptors (Lipinski definition) is 2. The summed E-state index contributed by atoms with van der Waals surface area (Å²) in [6.07, 6.45) is 1.17. The van der Waals surface area contributed by atoms with Crippen molar-refractivity contribution in [2.45, 2.75) is 39.3 Å². The third kappa shape index (κ3) is 2.60. The molecule has 0 saturated heterocycles. The summed E-state index contributed by atoms with van der Waals surface area (Å²) in [7, 11) is 1.58. The van der Waals surface area contributed by atoms with Crippen LogP contribution in [0.4, 0.5) is 4.39 Å². The zero-order chi connectivity index (χ0) is 13.1. The van der Waals surface area contributed by atoms with Crippen LogP contribution in [0.25, 0.3) is 0 Å². The summed E-state index contributed by atoms with van der Waals surface area (Å²) in [6, 6.07) is 3.72. The van der Waals surface area contributed by atoms with Gasteiger partial charge < -0.3 is 10.5 Å². The van der Waals surface area contributed by atoms with Crippen molar-refractivity contribution in [3.05, 3.63) is 28.8 Å². The Hall–Kier alpha value is -1.09. The largest absolute Gasteiger partial charge is 0.496 e. The van der Waals surface area contributed by atoms with Crippen molar-refractivity contribution in [1.82, 2.24) is 0 Å². The van der Waals surface area contributed by atoms with Crippen LogP contribution in [0.1, 0.15) is 36.5 Å². The molecule has 96 valence electrons. The van der Waals surface area contributed by atoms with Gasteiger partial charge in [0.25, 0.3) is 0 Å². The van der Waals surface area contributed by atoms with Gasteiger partial charge in [0.05, 0.1) is 7.11 Å². The van der Waals surface area contributed by atoms with E-state index in [2.05, 4.69) is 0 Å². The summed E-state index contributed by atoms with van der Waals surface area (Å²) in [5.74, 6) is 0.631. The Morgan fingerprint density at radius 3 is 2.47 bits per heavy atom. The van der Waals surface area contributed by atoms with Crippen molar-refractivity contribution in [1.29, 1.82) is 0 Å². The van der Waals surface area contributed by atoms with E-state index in [1.807, 2.05) is 26.8 Å². The average molecular weight is 239 g/mol. The van der Waals surface area contributed by atoms with Gasteiger partial charge in [0.2, 0.25) is 0 Å². The van der Waals surface area contributed by atoms with Crippen LogP contribution >= 0.6 is 0 Å². The lowest BCUT2D eigenvalue weighted by Crippen LogP contribution is -2.31. The molecule has 2 N–H and O–H groups in total.